The van der Waals surface area contributed by atoms with Crippen LogP contribution in [0.15, 0.2) is 36.4 Å². The van der Waals surface area contributed by atoms with Crippen LogP contribution in [-0.4, -0.2) is 11.2 Å². The molecule has 2 nitrogen and oxygen atoms in total. The lowest BCUT2D eigenvalue weighted by Gasteiger charge is -2.07. The van der Waals surface area contributed by atoms with Crippen LogP contribution in [0.25, 0.3) is 0 Å². The molecule has 19 heavy (non-hydrogen) atoms. The molecule has 0 saturated heterocycles. The zero-order valence-corrected chi connectivity index (χ0v) is 12.4. The lowest BCUT2D eigenvalue weighted by Crippen LogP contribution is -2.01. The number of rotatable bonds is 6. The number of thiophene rings is 1. The minimum absolute atomic E-state index is 0.250. The van der Waals surface area contributed by atoms with Gasteiger partial charge in [-0.2, -0.15) is 0 Å². The number of aryl methyl sites for hydroxylation is 1. The molecule has 102 valence electrons. The molecule has 0 fully saturated rings. The van der Waals surface area contributed by atoms with Gasteiger partial charge in [0.1, 0.15) is 12.4 Å². The largest absolute Gasteiger partial charge is 0.488 e. The van der Waals surface area contributed by atoms with E-state index >= 15 is 0 Å². The average molecular weight is 297 g/mol. The molecule has 1 atom stereocenters. The Morgan fingerprint density at radius 2 is 1.95 bits per heavy atom. The topological polar surface area (TPSA) is 29.5 Å². The molecule has 2 aromatic rings. The zero-order valence-electron chi connectivity index (χ0n) is 10.8. The molecule has 1 aromatic carbocycles. The van der Waals surface area contributed by atoms with Gasteiger partial charge in [0, 0.05) is 4.88 Å². The van der Waals surface area contributed by atoms with Crippen molar-refractivity contribution in [3.8, 4) is 5.75 Å². The number of hydrogen-bond donors (Lipinski definition) is 1. The fraction of sp³-hybridized carbons (Fsp3) is 0.333. The van der Waals surface area contributed by atoms with E-state index in [4.69, 9.17) is 16.3 Å². The van der Waals surface area contributed by atoms with Crippen molar-refractivity contribution in [2.75, 3.05) is 0 Å². The monoisotopic (exact) mass is 296 g/mol. The molecule has 1 N–H and O–H groups in total. The summed E-state index contributed by atoms with van der Waals surface area (Å²) in [6, 6.07) is 11.9. The highest BCUT2D eigenvalue weighted by molar-refractivity contribution is 7.16. The van der Waals surface area contributed by atoms with Crippen LogP contribution in [0.1, 0.15) is 23.8 Å². The Kier molecular flexibility index (Phi) is 5.25. The highest BCUT2D eigenvalue weighted by Crippen LogP contribution is 2.23. The lowest BCUT2D eigenvalue weighted by molar-refractivity contribution is 0.185. The van der Waals surface area contributed by atoms with Crippen LogP contribution in [0.3, 0.4) is 0 Å². The number of hydrogen-bond acceptors (Lipinski definition) is 3. The molecule has 0 aliphatic carbocycles. The van der Waals surface area contributed by atoms with Gasteiger partial charge >= 0.3 is 0 Å². The second-order valence-electron chi connectivity index (χ2n) is 4.53. The molecular weight excluding hydrogens is 280 g/mol. The van der Waals surface area contributed by atoms with E-state index in [0.29, 0.717) is 6.61 Å². The standard InChI is InChI=1S/C15H17ClO2S/c1-11(17)2-3-12-4-6-13(7-5-12)18-10-14-8-9-15(16)19-14/h4-9,11,17H,2-3,10H2,1H3. The summed E-state index contributed by atoms with van der Waals surface area (Å²) < 4.78 is 6.47. The van der Waals surface area contributed by atoms with Crippen LogP contribution in [0.5, 0.6) is 5.75 Å². The quantitative estimate of drug-likeness (QED) is 0.861. The minimum Gasteiger partial charge on any atom is -0.488 e. The third-order valence-electron chi connectivity index (χ3n) is 2.78. The van der Waals surface area contributed by atoms with Gasteiger partial charge < -0.3 is 9.84 Å². The first-order valence-electron chi connectivity index (χ1n) is 6.27. The molecule has 0 aliphatic rings. The summed E-state index contributed by atoms with van der Waals surface area (Å²) in [4.78, 5) is 1.11. The van der Waals surface area contributed by atoms with Crippen molar-refractivity contribution in [2.24, 2.45) is 0 Å². The maximum absolute atomic E-state index is 9.25. The highest BCUT2D eigenvalue weighted by Gasteiger charge is 2.01. The smallest absolute Gasteiger partial charge is 0.122 e. The zero-order chi connectivity index (χ0) is 13.7. The Labute approximate surface area is 122 Å². The molecule has 1 heterocycles. The van der Waals surface area contributed by atoms with Crippen LogP contribution in [0.4, 0.5) is 0 Å². The number of aliphatic hydroxyl groups excluding tert-OH is 1. The van der Waals surface area contributed by atoms with E-state index in [9.17, 15) is 5.11 Å². The summed E-state index contributed by atoms with van der Waals surface area (Å²) in [6.45, 7) is 2.36. The number of halogens is 1. The average Bonchev–Trinajstić information content (AvgIpc) is 2.81. The van der Waals surface area contributed by atoms with E-state index in [1.165, 1.54) is 16.9 Å². The normalized spacial score (nSPS) is 12.4. The molecule has 0 radical (unpaired) electrons. The fourth-order valence-corrected chi connectivity index (χ4v) is 2.71. The van der Waals surface area contributed by atoms with Gasteiger partial charge in [-0.3, -0.25) is 0 Å². The Morgan fingerprint density at radius 1 is 1.21 bits per heavy atom. The van der Waals surface area contributed by atoms with Gasteiger partial charge in [0.05, 0.1) is 10.4 Å². The van der Waals surface area contributed by atoms with Gasteiger partial charge in [-0.1, -0.05) is 23.7 Å². The molecular formula is C15H17ClO2S. The van der Waals surface area contributed by atoms with E-state index in [2.05, 4.69) is 0 Å². The van der Waals surface area contributed by atoms with E-state index in [0.717, 1.165) is 27.8 Å². The summed E-state index contributed by atoms with van der Waals surface area (Å²) in [5.74, 6) is 0.852. The maximum Gasteiger partial charge on any atom is 0.122 e. The summed E-state index contributed by atoms with van der Waals surface area (Å²) in [5, 5.41) is 9.25. The number of ether oxygens (including phenoxy) is 1. The first-order valence-corrected chi connectivity index (χ1v) is 7.47. The Hall–Kier alpha value is -1.03. The fourth-order valence-electron chi connectivity index (χ4n) is 1.71. The van der Waals surface area contributed by atoms with Crippen molar-refractivity contribution in [2.45, 2.75) is 32.5 Å². The first-order chi connectivity index (χ1) is 9.13. The molecule has 0 amide bonds. The maximum atomic E-state index is 9.25. The number of aliphatic hydroxyl groups is 1. The van der Waals surface area contributed by atoms with Gasteiger partial charge in [0.15, 0.2) is 0 Å². The van der Waals surface area contributed by atoms with Crippen LogP contribution in [0, 0.1) is 0 Å². The first kappa shape index (κ1) is 14.4. The van der Waals surface area contributed by atoms with Crippen LogP contribution >= 0.6 is 22.9 Å². The Morgan fingerprint density at radius 3 is 2.53 bits per heavy atom. The minimum atomic E-state index is -0.250. The van der Waals surface area contributed by atoms with Crippen molar-refractivity contribution in [1.29, 1.82) is 0 Å². The van der Waals surface area contributed by atoms with Crippen molar-refractivity contribution in [3.05, 3.63) is 51.2 Å². The molecule has 0 saturated carbocycles. The molecule has 2 rings (SSSR count). The van der Waals surface area contributed by atoms with Gasteiger partial charge in [-0.25, -0.2) is 0 Å². The van der Waals surface area contributed by atoms with Crippen LogP contribution < -0.4 is 4.74 Å². The Balaban J connectivity index is 1.84. The molecule has 0 bridgehead atoms. The van der Waals surface area contributed by atoms with Gasteiger partial charge in [-0.05, 0) is 49.6 Å². The van der Waals surface area contributed by atoms with E-state index in [1.54, 1.807) is 0 Å². The van der Waals surface area contributed by atoms with E-state index in [-0.39, 0.29) is 6.10 Å². The lowest BCUT2D eigenvalue weighted by atomic mass is 10.1. The summed E-state index contributed by atoms with van der Waals surface area (Å²) in [6.07, 6.45) is 1.42. The van der Waals surface area contributed by atoms with Gasteiger partial charge in [0.25, 0.3) is 0 Å². The summed E-state index contributed by atoms with van der Waals surface area (Å²) in [5.41, 5.74) is 1.22. The summed E-state index contributed by atoms with van der Waals surface area (Å²) in [7, 11) is 0. The van der Waals surface area contributed by atoms with Crippen LogP contribution in [-0.2, 0) is 13.0 Å². The molecule has 4 heteroatoms. The van der Waals surface area contributed by atoms with E-state index in [1.807, 2.05) is 43.3 Å². The number of benzene rings is 1. The predicted octanol–water partition coefficient (Wildman–Crippen LogP) is 4.29. The van der Waals surface area contributed by atoms with Crippen molar-refractivity contribution in [3.63, 3.8) is 0 Å². The Bertz CT molecular complexity index is 505. The molecule has 1 aromatic heterocycles. The van der Waals surface area contributed by atoms with E-state index < -0.39 is 0 Å². The third kappa shape index (κ3) is 4.86. The van der Waals surface area contributed by atoms with Crippen LogP contribution in [0.2, 0.25) is 4.34 Å². The van der Waals surface area contributed by atoms with Crippen molar-refractivity contribution >= 4 is 22.9 Å². The molecule has 1 unspecified atom stereocenters. The second kappa shape index (κ2) is 6.94. The van der Waals surface area contributed by atoms with Gasteiger partial charge in [0.2, 0.25) is 0 Å². The predicted molar refractivity (Wildman–Crippen MR) is 80.1 cm³/mol. The van der Waals surface area contributed by atoms with Crippen molar-refractivity contribution < 1.29 is 9.84 Å². The van der Waals surface area contributed by atoms with Gasteiger partial charge in [-0.15, -0.1) is 11.3 Å². The SMILES string of the molecule is CC(O)CCc1ccc(OCc2ccc(Cl)s2)cc1. The molecule has 0 spiro atoms. The second-order valence-corrected chi connectivity index (χ2v) is 6.33. The third-order valence-corrected chi connectivity index (χ3v) is 3.99. The molecule has 0 aliphatic heterocycles. The van der Waals surface area contributed by atoms with Crippen molar-refractivity contribution in [1.82, 2.24) is 0 Å². The summed E-state index contributed by atoms with van der Waals surface area (Å²) >= 11 is 7.40. The highest BCUT2D eigenvalue weighted by atomic mass is 35.5.